The molecule has 0 atom stereocenters. The summed E-state index contributed by atoms with van der Waals surface area (Å²) < 4.78 is 49.2. The normalized spacial score (nSPS) is 11.0. The predicted molar refractivity (Wildman–Crippen MR) is 167 cm³/mol. The topological polar surface area (TPSA) is 179 Å². The van der Waals surface area contributed by atoms with E-state index in [9.17, 15) is 14.4 Å². The van der Waals surface area contributed by atoms with Crippen LogP contribution in [-0.4, -0.2) is 142 Å². The third-order valence-corrected chi connectivity index (χ3v) is 5.63. The predicted octanol–water partition coefficient (Wildman–Crippen LogP) is 1.53. The average Bonchev–Trinajstić information content (AvgIpc) is 3.03. The molecule has 1 rings (SSSR count). The number of amides is 2. The van der Waals surface area contributed by atoms with Gasteiger partial charge in [0.25, 0.3) is 0 Å². The van der Waals surface area contributed by atoms with E-state index in [-0.39, 0.29) is 24.7 Å². The first-order valence-corrected chi connectivity index (χ1v) is 15.6. The number of rotatable bonds is 33. The monoisotopic (exact) mass is 660 g/mol. The molecule has 0 bridgehead atoms. The van der Waals surface area contributed by atoms with Crippen LogP contribution in [0.3, 0.4) is 0 Å². The first-order valence-electron chi connectivity index (χ1n) is 15.6. The third-order valence-electron chi connectivity index (χ3n) is 5.63. The molecule has 0 heterocycles. The van der Waals surface area contributed by atoms with Gasteiger partial charge < -0.3 is 58.4 Å². The molecular weight excluding hydrogens is 608 g/mol. The summed E-state index contributed by atoms with van der Waals surface area (Å²) >= 11 is 0. The van der Waals surface area contributed by atoms with Crippen LogP contribution < -0.4 is 15.4 Å². The molecule has 0 spiro atoms. The van der Waals surface area contributed by atoms with E-state index < -0.39 is 5.97 Å². The number of carbonyl (C=O) groups is 3. The number of carboxylic acid groups (broad SMARTS) is 1. The molecule has 0 saturated heterocycles. The second-order valence-corrected chi connectivity index (χ2v) is 9.55. The molecule has 0 aliphatic heterocycles. The quantitative estimate of drug-likeness (QED) is 0.0926. The van der Waals surface area contributed by atoms with Gasteiger partial charge in [0.1, 0.15) is 12.4 Å². The molecule has 15 nitrogen and oxygen atoms in total. The summed E-state index contributed by atoms with van der Waals surface area (Å²) in [5, 5.41) is 13.9. The number of hydrogen-bond acceptors (Lipinski definition) is 12. The van der Waals surface area contributed by atoms with Crippen molar-refractivity contribution in [2.45, 2.75) is 26.2 Å². The minimum Gasteiger partial charge on any atom is -0.491 e. The van der Waals surface area contributed by atoms with Crippen molar-refractivity contribution in [1.29, 1.82) is 0 Å². The Bertz CT molecular complexity index is 890. The Kier molecular flexibility index (Phi) is 27.5. The molecule has 2 amide bonds. The van der Waals surface area contributed by atoms with Crippen LogP contribution in [0.2, 0.25) is 0 Å². The van der Waals surface area contributed by atoms with Gasteiger partial charge in [-0.3, -0.25) is 14.4 Å². The first kappa shape index (κ1) is 41.1. The Morgan fingerprint density at radius 1 is 0.565 bits per heavy atom. The molecule has 0 fully saturated rings. The Labute approximate surface area is 271 Å². The number of carboxylic acids is 1. The van der Waals surface area contributed by atoms with Gasteiger partial charge in [0.05, 0.1) is 106 Å². The smallest absolute Gasteiger partial charge is 0.303 e. The maximum atomic E-state index is 11.4. The Morgan fingerprint density at radius 2 is 0.957 bits per heavy atom. The van der Waals surface area contributed by atoms with Gasteiger partial charge in [0, 0.05) is 32.2 Å². The van der Waals surface area contributed by atoms with E-state index in [1.54, 1.807) is 24.3 Å². The summed E-state index contributed by atoms with van der Waals surface area (Å²) in [4.78, 5) is 32.8. The minimum atomic E-state index is -0.985. The van der Waals surface area contributed by atoms with Gasteiger partial charge in [0.15, 0.2) is 0 Å². The van der Waals surface area contributed by atoms with Crippen LogP contribution in [0, 0.1) is 0 Å². The Hall–Kier alpha value is -2.89. The molecule has 1 aromatic rings. The van der Waals surface area contributed by atoms with Crippen molar-refractivity contribution in [1.82, 2.24) is 5.32 Å². The van der Waals surface area contributed by atoms with Crippen molar-refractivity contribution in [3.63, 3.8) is 0 Å². The summed E-state index contributed by atoms with van der Waals surface area (Å²) in [5.41, 5.74) is 0.725. The van der Waals surface area contributed by atoms with Gasteiger partial charge >= 0.3 is 5.97 Å². The van der Waals surface area contributed by atoms with Crippen LogP contribution in [0.5, 0.6) is 5.75 Å². The van der Waals surface area contributed by atoms with E-state index in [0.717, 1.165) is 5.69 Å². The van der Waals surface area contributed by atoms with E-state index in [1.807, 2.05) is 0 Å². The van der Waals surface area contributed by atoms with E-state index in [2.05, 4.69) is 10.6 Å². The molecule has 0 aromatic heterocycles. The fraction of sp³-hybridized carbons (Fsp3) is 0.710. The minimum absolute atomic E-state index is 0.0125. The van der Waals surface area contributed by atoms with Gasteiger partial charge in [-0.2, -0.15) is 0 Å². The van der Waals surface area contributed by atoms with Crippen molar-refractivity contribution < 1.29 is 62.1 Å². The number of benzene rings is 1. The van der Waals surface area contributed by atoms with Crippen LogP contribution in [0.4, 0.5) is 5.69 Å². The van der Waals surface area contributed by atoms with Crippen LogP contribution in [0.1, 0.15) is 26.2 Å². The zero-order valence-electron chi connectivity index (χ0n) is 27.0. The number of hydrogen-bond donors (Lipinski definition) is 3. The average molecular weight is 661 g/mol. The van der Waals surface area contributed by atoms with E-state index in [0.29, 0.717) is 131 Å². The van der Waals surface area contributed by atoms with Gasteiger partial charge in [-0.05, 0) is 30.7 Å². The highest BCUT2D eigenvalue weighted by atomic mass is 16.6. The SMILES string of the molecule is CC(=O)Nc1ccc(OCCOCCOCCOCCOCCOCCOCCOCCOCCCNC(=O)CCC(=O)O)cc1. The van der Waals surface area contributed by atoms with Gasteiger partial charge in [-0.25, -0.2) is 0 Å². The Balaban J connectivity index is 1.68. The zero-order valence-corrected chi connectivity index (χ0v) is 27.0. The van der Waals surface area contributed by atoms with Gasteiger partial charge in [0.2, 0.25) is 11.8 Å². The number of ether oxygens (including phenoxy) is 9. The van der Waals surface area contributed by atoms with Crippen molar-refractivity contribution in [3.8, 4) is 5.75 Å². The van der Waals surface area contributed by atoms with Crippen LogP contribution in [0.15, 0.2) is 24.3 Å². The van der Waals surface area contributed by atoms with Gasteiger partial charge in [-0.15, -0.1) is 0 Å². The number of nitrogens with one attached hydrogen (secondary N) is 2. The van der Waals surface area contributed by atoms with Crippen molar-refractivity contribution >= 4 is 23.5 Å². The maximum Gasteiger partial charge on any atom is 0.303 e. The molecule has 0 radical (unpaired) electrons. The summed E-state index contributed by atoms with van der Waals surface area (Å²) in [5.74, 6) is -0.660. The largest absolute Gasteiger partial charge is 0.491 e. The van der Waals surface area contributed by atoms with Crippen LogP contribution in [0.25, 0.3) is 0 Å². The van der Waals surface area contributed by atoms with Gasteiger partial charge in [-0.1, -0.05) is 0 Å². The number of carbonyl (C=O) groups excluding carboxylic acids is 2. The summed E-state index contributed by atoms with van der Waals surface area (Å²) in [6.45, 7) is 9.83. The lowest BCUT2D eigenvalue weighted by atomic mass is 10.3. The molecule has 15 heteroatoms. The molecule has 1 aromatic carbocycles. The summed E-state index contributed by atoms with van der Waals surface area (Å²) in [6.07, 6.45) is 0.470. The van der Waals surface area contributed by atoms with E-state index in [1.165, 1.54) is 6.92 Å². The molecule has 46 heavy (non-hydrogen) atoms. The number of anilines is 1. The summed E-state index contributed by atoms with van der Waals surface area (Å²) in [6, 6.07) is 7.15. The van der Waals surface area contributed by atoms with E-state index in [4.69, 9.17) is 47.7 Å². The van der Waals surface area contributed by atoms with Crippen molar-refractivity contribution in [2.24, 2.45) is 0 Å². The molecule has 0 aliphatic carbocycles. The third kappa shape index (κ3) is 28.6. The molecule has 0 aliphatic rings. The van der Waals surface area contributed by atoms with Crippen molar-refractivity contribution in [2.75, 3.05) is 124 Å². The van der Waals surface area contributed by atoms with Crippen LogP contribution in [-0.2, 0) is 52.3 Å². The lowest BCUT2D eigenvalue weighted by Crippen LogP contribution is -2.25. The number of aliphatic carboxylic acids is 1. The second-order valence-electron chi connectivity index (χ2n) is 9.55. The fourth-order valence-corrected chi connectivity index (χ4v) is 3.41. The van der Waals surface area contributed by atoms with E-state index >= 15 is 0 Å². The lowest BCUT2D eigenvalue weighted by molar-refractivity contribution is -0.138. The van der Waals surface area contributed by atoms with Crippen molar-refractivity contribution in [3.05, 3.63) is 24.3 Å². The Morgan fingerprint density at radius 3 is 1.35 bits per heavy atom. The highest BCUT2D eigenvalue weighted by Crippen LogP contribution is 2.15. The first-order chi connectivity index (χ1) is 22.5. The highest BCUT2D eigenvalue weighted by molar-refractivity contribution is 5.88. The molecule has 0 unspecified atom stereocenters. The molecule has 3 N–H and O–H groups in total. The summed E-state index contributed by atoms with van der Waals surface area (Å²) in [7, 11) is 0. The highest BCUT2D eigenvalue weighted by Gasteiger charge is 2.04. The van der Waals surface area contributed by atoms with Crippen LogP contribution >= 0.6 is 0 Å². The maximum absolute atomic E-state index is 11.4. The zero-order chi connectivity index (χ0) is 33.3. The fourth-order valence-electron chi connectivity index (χ4n) is 3.41. The lowest BCUT2D eigenvalue weighted by Gasteiger charge is -2.09. The standard InChI is InChI=1S/C31H52N2O13/c1-27(34)33-28-3-5-29(6-4-28)46-26-25-45-24-23-44-22-21-43-20-19-42-18-17-41-16-15-40-14-13-39-12-11-38-10-2-9-32-30(35)7-8-31(36)37/h3-6H,2,7-26H2,1H3,(H,32,35)(H,33,34)(H,36,37). The molecule has 264 valence electrons. The molecule has 0 saturated carbocycles. The second kappa shape index (κ2) is 30.7. The molecular formula is C31H52N2O13.